The van der Waals surface area contributed by atoms with E-state index in [4.69, 9.17) is 4.74 Å². The van der Waals surface area contributed by atoms with Gasteiger partial charge in [-0.2, -0.15) is 5.10 Å². The van der Waals surface area contributed by atoms with Gasteiger partial charge in [0.2, 0.25) is 10.0 Å². The first-order valence-electron chi connectivity index (χ1n) is 10.3. The molecule has 1 amide bonds. The zero-order valence-electron chi connectivity index (χ0n) is 19.4. The summed E-state index contributed by atoms with van der Waals surface area (Å²) in [6.07, 6.45) is 2.60. The van der Waals surface area contributed by atoms with Crippen molar-refractivity contribution in [1.29, 1.82) is 0 Å². The van der Waals surface area contributed by atoms with Gasteiger partial charge in [-0.05, 0) is 56.7 Å². The normalized spacial score (nSPS) is 11.5. The number of hydrogen-bond acceptors (Lipinski definition) is 5. The van der Waals surface area contributed by atoms with E-state index in [0.717, 1.165) is 38.8 Å². The Hall–Kier alpha value is -3.59. The molecule has 0 aliphatic carbocycles. The van der Waals surface area contributed by atoms with Gasteiger partial charge >= 0.3 is 0 Å². The fraction of sp³-hybridized carbons (Fsp3) is 0.250. The number of ether oxygens (including phenoxy) is 1. The van der Waals surface area contributed by atoms with Crippen molar-refractivity contribution in [3.05, 3.63) is 77.1 Å². The Balaban J connectivity index is 1.77. The monoisotopic (exact) mass is 468 g/mol. The van der Waals surface area contributed by atoms with Crippen molar-refractivity contribution >= 4 is 27.8 Å². The lowest BCUT2D eigenvalue weighted by atomic mass is 10.2. The van der Waals surface area contributed by atoms with Crippen molar-refractivity contribution in [3.63, 3.8) is 0 Å². The van der Waals surface area contributed by atoms with E-state index in [1.54, 1.807) is 24.4 Å². The Bertz CT molecular complexity index is 1280. The number of aromatic nitrogens is 1. The molecule has 3 aromatic rings. The molecule has 2 aromatic carbocycles. The number of anilines is 1. The fourth-order valence-electron chi connectivity index (χ4n) is 3.61. The van der Waals surface area contributed by atoms with Crippen LogP contribution >= 0.6 is 0 Å². The Morgan fingerprint density at radius 1 is 1.12 bits per heavy atom. The third-order valence-electron chi connectivity index (χ3n) is 5.17. The van der Waals surface area contributed by atoms with Crippen LogP contribution in [0.2, 0.25) is 0 Å². The highest BCUT2D eigenvalue weighted by molar-refractivity contribution is 7.92. The molecule has 33 heavy (non-hydrogen) atoms. The molecule has 0 fully saturated rings. The van der Waals surface area contributed by atoms with E-state index in [2.05, 4.69) is 15.1 Å². The minimum Gasteiger partial charge on any atom is -0.495 e. The predicted molar refractivity (Wildman–Crippen MR) is 131 cm³/mol. The third kappa shape index (κ3) is 5.61. The van der Waals surface area contributed by atoms with Gasteiger partial charge in [0.15, 0.2) is 0 Å². The van der Waals surface area contributed by atoms with Crippen molar-refractivity contribution in [2.45, 2.75) is 20.8 Å². The molecule has 174 valence electrons. The van der Waals surface area contributed by atoms with Crippen LogP contribution in [0.3, 0.4) is 0 Å². The van der Waals surface area contributed by atoms with E-state index in [1.807, 2.05) is 57.2 Å². The Kier molecular flexibility index (Phi) is 7.23. The number of hydrazone groups is 1. The number of aryl methyl sites for hydroxylation is 2. The first kappa shape index (κ1) is 24.1. The minimum absolute atomic E-state index is 0.297. The van der Waals surface area contributed by atoms with Crippen LogP contribution in [0.5, 0.6) is 5.75 Å². The van der Waals surface area contributed by atoms with Crippen LogP contribution < -0.4 is 14.5 Å². The molecule has 0 bridgehead atoms. The van der Waals surface area contributed by atoms with Crippen LogP contribution in [0.15, 0.2) is 59.7 Å². The summed E-state index contributed by atoms with van der Waals surface area (Å²) in [5.74, 6) is -0.215. The summed E-state index contributed by atoms with van der Waals surface area (Å²) in [5, 5.41) is 4.05. The molecule has 0 radical (unpaired) electrons. The number of sulfonamides is 1. The quantitative estimate of drug-likeness (QED) is 0.405. The molecule has 0 unspecified atom stereocenters. The predicted octanol–water partition coefficient (Wildman–Crippen LogP) is 3.33. The second-order valence-corrected chi connectivity index (χ2v) is 9.64. The molecule has 0 saturated heterocycles. The second kappa shape index (κ2) is 9.91. The smallest absolute Gasteiger partial charge is 0.260 e. The van der Waals surface area contributed by atoms with Crippen LogP contribution in [0.1, 0.15) is 22.5 Å². The molecule has 0 atom stereocenters. The van der Waals surface area contributed by atoms with Crippen molar-refractivity contribution in [2.24, 2.45) is 5.10 Å². The maximum atomic E-state index is 12.5. The van der Waals surface area contributed by atoms with E-state index < -0.39 is 22.5 Å². The first-order chi connectivity index (χ1) is 15.6. The minimum atomic E-state index is -3.74. The van der Waals surface area contributed by atoms with Crippen LogP contribution in [0.25, 0.3) is 5.69 Å². The highest BCUT2D eigenvalue weighted by Gasteiger charge is 2.24. The van der Waals surface area contributed by atoms with Gasteiger partial charge in [-0.1, -0.05) is 24.3 Å². The fourth-order valence-corrected chi connectivity index (χ4v) is 4.46. The average molecular weight is 469 g/mol. The summed E-state index contributed by atoms with van der Waals surface area (Å²) in [6, 6.07) is 17.0. The van der Waals surface area contributed by atoms with Gasteiger partial charge in [0.1, 0.15) is 12.3 Å². The lowest BCUT2D eigenvalue weighted by Gasteiger charge is -2.23. The van der Waals surface area contributed by atoms with Crippen molar-refractivity contribution in [3.8, 4) is 11.4 Å². The van der Waals surface area contributed by atoms with E-state index in [-0.39, 0.29) is 0 Å². The number of carbonyl (C=O) groups excluding carboxylic acids is 1. The number of nitrogens with zero attached hydrogens (tertiary/aromatic N) is 3. The number of nitrogens with one attached hydrogen (secondary N) is 1. The van der Waals surface area contributed by atoms with E-state index in [1.165, 1.54) is 7.11 Å². The van der Waals surface area contributed by atoms with E-state index in [0.29, 0.717) is 11.4 Å². The van der Waals surface area contributed by atoms with Gasteiger partial charge in [0.05, 0.1) is 25.3 Å². The summed E-state index contributed by atoms with van der Waals surface area (Å²) in [5.41, 5.74) is 7.44. The molecule has 1 N–H and O–H groups in total. The highest BCUT2D eigenvalue weighted by Crippen LogP contribution is 2.30. The van der Waals surface area contributed by atoms with Crippen molar-refractivity contribution in [1.82, 2.24) is 9.99 Å². The van der Waals surface area contributed by atoms with Gasteiger partial charge in [-0.15, -0.1) is 0 Å². The maximum absolute atomic E-state index is 12.5. The van der Waals surface area contributed by atoms with Gasteiger partial charge in [0.25, 0.3) is 5.91 Å². The van der Waals surface area contributed by atoms with E-state index in [9.17, 15) is 13.2 Å². The molecule has 0 aliphatic heterocycles. The maximum Gasteiger partial charge on any atom is 0.260 e. The van der Waals surface area contributed by atoms with Crippen LogP contribution in [-0.2, 0) is 14.8 Å². The topological polar surface area (TPSA) is 93.0 Å². The van der Waals surface area contributed by atoms with Gasteiger partial charge in [0, 0.05) is 22.6 Å². The second-order valence-electron chi connectivity index (χ2n) is 7.74. The highest BCUT2D eigenvalue weighted by atomic mass is 32.2. The number of methoxy groups -OCH3 is 1. The number of amides is 1. The Labute approximate surface area is 194 Å². The number of carbonyl (C=O) groups is 1. The molecule has 0 saturated carbocycles. The SMILES string of the molecule is COc1ccc(C)cc1N(CC(=O)N/N=C\c1cc(C)n(-c2ccccc2)c1C)S(C)(=O)=O. The molecular formula is C24H28N4O4S. The largest absolute Gasteiger partial charge is 0.495 e. The molecule has 1 heterocycles. The van der Waals surface area contributed by atoms with Gasteiger partial charge < -0.3 is 9.30 Å². The van der Waals surface area contributed by atoms with Crippen LogP contribution in [0, 0.1) is 20.8 Å². The standard InChI is InChI=1S/C24H28N4O4S/c1-17-11-12-23(32-4)22(13-17)27(33(5,30)31)16-24(29)26-25-15-20-14-18(2)28(19(20)3)21-9-7-6-8-10-21/h6-15H,16H2,1-5H3,(H,26,29)/b25-15-. The number of para-hydroxylation sites is 1. The summed E-state index contributed by atoms with van der Waals surface area (Å²) in [4.78, 5) is 12.5. The Morgan fingerprint density at radius 3 is 2.45 bits per heavy atom. The number of rotatable bonds is 8. The van der Waals surface area contributed by atoms with E-state index >= 15 is 0 Å². The zero-order valence-corrected chi connectivity index (χ0v) is 20.2. The Morgan fingerprint density at radius 2 is 1.82 bits per heavy atom. The molecule has 0 aliphatic rings. The van der Waals surface area contributed by atoms with Crippen molar-refractivity contribution in [2.75, 3.05) is 24.2 Å². The van der Waals surface area contributed by atoms with Crippen LogP contribution in [0.4, 0.5) is 5.69 Å². The molecule has 9 heteroatoms. The van der Waals surface area contributed by atoms with Crippen molar-refractivity contribution < 1.29 is 17.9 Å². The zero-order chi connectivity index (χ0) is 24.2. The molecular weight excluding hydrogens is 440 g/mol. The molecule has 0 spiro atoms. The lowest BCUT2D eigenvalue weighted by Crippen LogP contribution is -2.39. The number of benzene rings is 2. The lowest BCUT2D eigenvalue weighted by molar-refractivity contribution is -0.119. The van der Waals surface area contributed by atoms with Gasteiger partial charge in [-0.3, -0.25) is 9.10 Å². The summed E-state index contributed by atoms with van der Waals surface area (Å²) >= 11 is 0. The molecule has 8 nitrogen and oxygen atoms in total. The summed E-state index contributed by atoms with van der Waals surface area (Å²) < 4.78 is 33.2. The average Bonchev–Trinajstić information content (AvgIpc) is 3.04. The van der Waals surface area contributed by atoms with Gasteiger partial charge in [-0.25, -0.2) is 13.8 Å². The third-order valence-corrected chi connectivity index (χ3v) is 6.29. The van der Waals surface area contributed by atoms with Crippen LogP contribution in [-0.4, -0.2) is 45.0 Å². The first-order valence-corrected chi connectivity index (χ1v) is 12.1. The molecule has 3 rings (SSSR count). The summed E-state index contributed by atoms with van der Waals surface area (Å²) in [7, 11) is -2.29. The molecule has 1 aromatic heterocycles. The summed E-state index contributed by atoms with van der Waals surface area (Å²) in [6.45, 7) is 5.37. The number of hydrogen-bond donors (Lipinski definition) is 1.